The van der Waals surface area contributed by atoms with Crippen molar-refractivity contribution in [2.75, 3.05) is 28.4 Å². The summed E-state index contributed by atoms with van der Waals surface area (Å²) in [6.07, 6.45) is 0. The van der Waals surface area contributed by atoms with Crippen LogP contribution >= 0.6 is 11.8 Å². The van der Waals surface area contributed by atoms with E-state index in [0.29, 0.717) is 6.04 Å². The Morgan fingerprint density at radius 2 is 2.44 bits per heavy atom. The molecule has 0 unspecified atom stereocenters. The molecule has 3 rings (SSSR count). The first kappa shape index (κ1) is 10.0. The van der Waals surface area contributed by atoms with Crippen LogP contribution in [0.4, 0.5) is 11.4 Å². The lowest BCUT2D eigenvalue weighted by atomic mass is 10.1. The molecule has 0 aliphatic carbocycles. The molecule has 4 heteroatoms. The van der Waals surface area contributed by atoms with Crippen molar-refractivity contribution >= 4 is 28.9 Å². The molecule has 0 amide bonds. The van der Waals surface area contributed by atoms with Crippen LogP contribution in [0.1, 0.15) is 17.3 Å². The van der Waals surface area contributed by atoms with E-state index in [1.807, 2.05) is 23.9 Å². The molecule has 1 atom stereocenters. The molecule has 3 nitrogen and oxygen atoms in total. The SMILES string of the molecule is CC(=O)c1ccc2c(c1)NC[C@H]1CSCN21. The molecule has 1 fully saturated rings. The normalized spacial score (nSPS) is 22.3. The fourth-order valence-electron chi connectivity index (χ4n) is 2.29. The molecule has 16 heavy (non-hydrogen) atoms. The summed E-state index contributed by atoms with van der Waals surface area (Å²) in [5, 5.41) is 3.42. The number of nitrogens with zero attached hydrogens (tertiary/aromatic N) is 1. The summed E-state index contributed by atoms with van der Waals surface area (Å²) in [6.45, 7) is 2.60. The van der Waals surface area contributed by atoms with Gasteiger partial charge < -0.3 is 10.2 Å². The summed E-state index contributed by atoms with van der Waals surface area (Å²) in [6, 6.07) is 6.57. The lowest BCUT2D eigenvalue weighted by molar-refractivity contribution is 0.101. The van der Waals surface area contributed by atoms with Crippen molar-refractivity contribution in [2.24, 2.45) is 0 Å². The number of benzene rings is 1. The van der Waals surface area contributed by atoms with Crippen LogP contribution in [0.3, 0.4) is 0 Å². The molecule has 0 saturated carbocycles. The summed E-state index contributed by atoms with van der Waals surface area (Å²) in [5.41, 5.74) is 3.13. The third kappa shape index (κ3) is 1.48. The molecule has 2 aliphatic rings. The second kappa shape index (κ2) is 3.70. The molecule has 1 saturated heterocycles. The van der Waals surface area contributed by atoms with E-state index in [4.69, 9.17) is 0 Å². The first-order chi connectivity index (χ1) is 7.75. The van der Waals surface area contributed by atoms with Crippen molar-refractivity contribution in [3.05, 3.63) is 23.8 Å². The van der Waals surface area contributed by atoms with E-state index in [2.05, 4.69) is 16.3 Å². The smallest absolute Gasteiger partial charge is 0.159 e. The maximum absolute atomic E-state index is 11.3. The molecule has 0 radical (unpaired) electrons. The Labute approximate surface area is 99.2 Å². The van der Waals surface area contributed by atoms with Crippen LogP contribution in [0.15, 0.2) is 18.2 Å². The zero-order valence-electron chi connectivity index (χ0n) is 9.19. The first-order valence-corrected chi connectivity index (χ1v) is 6.64. The number of ketones is 1. The van der Waals surface area contributed by atoms with Crippen molar-refractivity contribution < 1.29 is 4.79 Å². The second-order valence-electron chi connectivity index (χ2n) is 4.29. The van der Waals surface area contributed by atoms with Gasteiger partial charge in [0.15, 0.2) is 5.78 Å². The van der Waals surface area contributed by atoms with Crippen molar-refractivity contribution in [3.63, 3.8) is 0 Å². The number of hydrogen-bond acceptors (Lipinski definition) is 4. The molecule has 1 aromatic carbocycles. The Kier molecular flexibility index (Phi) is 2.32. The van der Waals surface area contributed by atoms with Gasteiger partial charge in [-0.2, -0.15) is 0 Å². The Balaban J connectivity index is 2.02. The van der Waals surface area contributed by atoms with E-state index in [1.54, 1.807) is 6.92 Å². The van der Waals surface area contributed by atoms with E-state index < -0.39 is 0 Å². The minimum atomic E-state index is 0.127. The summed E-state index contributed by atoms with van der Waals surface area (Å²) in [4.78, 5) is 13.7. The lowest BCUT2D eigenvalue weighted by Gasteiger charge is -2.33. The van der Waals surface area contributed by atoms with E-state index in [0.717, 1.165) is 23.7 Å². The Morgan fingerprint density at radius 3 is 3.25 bits per heavy atom. The van der Waals surface area contributed by atoms with Gasteiger partial charge in [0.1, 0.15) is 0 Å². The summed E-state index contributed by atoms with van der Waals surface area (Å²) < 4.78 is 0. The number of thioether (sulfide) groups is 1. The Bertz CT molecular complexity index is 447. The van der Waals surface area contributed by atoms with Gasteiger partial charge in [-0.05, 0) is 25.1 Å². The highest BCUT2D eigenvalue weighted by atomic mass is 32.2. The molecule has 0 aromatic heterocycles. The zero-order valence-corrected chi connectivity index (χ0v) is 10.0. The Hall–Kier alpha value is -1.16. The fourth-order valence-corrected chi connectivity index (χ4v) is 3.51. The maximum Gasteiger partial charge on any atom is 0.159 e. The van der Waals surface area contributed by atoms with Crippen LogP contribution in [-0.2, 0) is 0 Å². The summed E-state index contributed by atoms with van der Waals surface area (Å²) in [5.74, 6) is 2.39. The minimum absolute atomic E-state index is 0.127. The van der Waals surface area contributed by atoms with Crippen molar-refractivity contribution in [3.8, 4) is 0 Å². The van der Waals surface area contributed by atoms with Gasteiger partial charge in [0.2, 0.25) is 0 Å². The third-order valence-electron chi connectivity index (χ3n) is 3.22. The number of anilines is 2. The topological polar surface area (TPSA) is 32.3 Å². The van der Waals surface area contributed by atoms with Crippen molar-refractivity contribution in [1.29, 1.82) is 0 Å². The number of carbonyl (C=O) groups excluding carboxylic acids is 1. The van der Waals surface area contributed by atoms with E-state index >= 15 is 0 Å². The van der Waals surface area contributed by atoms with Crippen LogP contribution in [0, 0.1) is 0 Å². The monoisotopic (exact) mass is 234 g/mol. The summed E-state index contributed by atoms with van der Waals surface area (Å²) in [7, 11) is 0. The quantitative estimate of drug-likeness (QED) is 0.755. The number of rotatable bonds is 1. The van der Waals surface area contributed by atoms with Gasteiger partial charge in [0.25, 0.3) is 0 Å². The van der Waals surface area contributed by atoms with Crippen molar-refractivity contribution in [1.82, 2.24) is 0 Å². The molecule has 84 valence electrons. The largest absolute Gasteiger partial charge is 0.381 e. The molecular formula is C12H14N2OS. The second-order valence-corrected chi connectivity index (χ2v) is 5.29. The van der Waals surface area contributed by atoms with Gasteiger partial charge in [-0.15, -0.1) is 11.8 Å². The zero-order chi connectivity index (χ0) is 11.1. The predicted octanol–water partition coefficient (Wildman–Crippen LogP) is 2.19. The van der Waals surface area contributed by atoms with Crippen LogP contribution in [0.25, 0.3) is 0 Å². The van der Waals surface area contributed by atoms with Crippen LogP contribution in [0.5, 0.6) is 0 Å². The molecule has 0 bridgehead atoms. The molecular weight excluding hydrogens is 220 g/mol. The highest BCUT2D eigenvalue weighted by molar-refractivity contribution is 7.99. The molecule has 2 aliphatic heterocycles. The maximum atomic E-state index is 11.3. The number of Topliss-reactive ketones (excluding diaryl/α,β-unsaturated/α-hetero) is 1. The van der Waals surface area contributed by atoms with Gasteiger partial charge in [0, 0.05) is 17.9 Å². The molecule has 2 heterocycles. The average molecular weight is 234 g/mol. The number of hydrogen-bond donors (Lipinski definition) is 1. The Morgan fingerprint density at radius 1 is 1.56 bits per heavy atom. The average Bonchev–Trinajstić information content (AvgIpc) is 2.76. The van der Waals surface area contributed by atoms with Gasteiger partial charge in [-0.25, -0.2) is 0 Å². The van der Waals surface area contributed by atoms with Gasteiger partial charge >= 0.3 is 0 Å². The fraction of sp³-hybridized carbons (Fsp3) is 0.417. The highest BCUT2D eigenvalue weighted by Gasteiger charge is 2.30. The van der Waals surface area contributed by atoms with Crippen LogP contribution < -0.4 is 10.2 Å². The summed E-state index contributed by atoms with van der Waals surface area (Å²) >= 11 is 1.97. The first-order valence-electron chi connectivity index (χ1n) is 5.49. The van der Waals surface area contributed by atoms with Gasteiger partial charge in [-0.3, -0.25) is 4.79 Å². The van der Waals surface area contributed by atoms with Gasteiger partial charge in [0.05, 0.1) is 23.3 Å². The molecule has 1 aromatic rings. The van der Waals surface area contributed by atoms with Crippen LogP contribution in [0.2, 0.25) is 0 Å². The molecule has 0 spiro atoms. The van der Waals surface area contributed by atoms with E-state index in [-0.39, 0.29) is 5.78 Å². The lowest BCUT2D eigenvalue weighted by Crippen LogP contribution is -2.40. The van der Waals surface area contributed by atoms with Crippen molar-refractivity contribution in [2.45, 2.75) is 13.0 Å². The number of carbonyl (C=O) groups is 1. The minimum Gasteiger partial charge on any atom is -0.381 e. The standard InChI is InChI=1S/C12H14N2OS/c1-8(15)9-2-3-12-11(4-9)13-5-10-6-16-7-14(10)12/h2-4,10,13H,5-7H2,1H3/t10-/m0/s1. The third-order valence-corrected chi connectivity index (χ3v) is 4.30. The predicted molar refractivity (Wildman–Crippen MR) is 68.5 cm³/mol. The van der Waals surface area contributed by atoms with E-state index in [1.165, 1.54) is 11.4 Å². The van der Waals surface area contributed by atoms with Crippen LogP contribution in [-0.4, -0.2) is 30.0 Å². The number of nitrogens with one attached hydrogen (secondary N) is 1. The molecule has 1 N–H and O–H groups in total. The highest BCUT2D eigenvalue weighted by Crippen LogP contribution is 2.37. The van der Waals surface area contributed by atoms with E-state index in [9.17, 15) is 4.79 Å². The number of fused-ring (bicyclic) bond motifs is 3. The van der Waals surface area contributed by atoms with Gasteiger partial charge in [-0.1, -0.05) is 0 Å².